The molecular weight excluding hydrogens is 416 g/mol. The Bertz CT molecular complexity index is 989. The van der Waals surface area contributed by atoms with E-state index in [4.69, 9.17) is 4.42 Å². The summed E-state index contributed by atoms with van der Waals surface area (Å²) in [7, 11) is 0. The van der Waals surface area contributed by atoms with Gasteiger partial charge in [0.05, 0.1) is 27.4 Å². The van der Waals surface area contributed by atoms with Crippen LogP contribution in [-0.2, 0) is 15.3 Å². The standard InChI is InChI=1S/C23H24N2O5S/c26-22-20(16-10-12-18(13-11-16)25(28)29)21(31-15-19-9-6-14-30-19)23(27)24(22)17-7-4-2-1-3-5-8-17/h6,9-14,17H,1-5,7-8,15H2. The van der Waals surface area contributed by atoms with E-state index in [0.717, 1.165) is 38.5 Å². The first-order valence-corrected chi connectivity index (χ1v) is 11.6. The highest BCUT2D eigenvalue weighted by molar-refractivity contribution is 8.03. The number of hydrogen-bond donors (Lipinski definition) is 0. The number of carbonyl (C=O) groups excluding carboxylic acids is 2. The van der Waals surface area contributed by atoms with E-state index in [1.807, 2.05) is 6.07 Å². The number of rotatable bonds is 6. The van der Waals surface area contributed by atoms with E-state index in [1.54, 1.807) is 24.5 Å². The zero-order valence-corrected chi connectivity index (χ0v) is 17.9. The lowest BCUT2D eigenvalue weighted by Gasteiger charge is -2.28. The molecule has 4 rings (SSSR count). The van der Waals surface area contributed by atoms with Gasteiger partial charge in [-0.2, -0.15) is 0 Å². The highest BCUT2D eigenvalue weighted by atomic mass is 32.2. The van der Waals surface area contributed by atoms with Crippen LogP contribution < -0.4 is 0 Å². The van der Waals surface area contributed by atoms with Gasteiger partial charge in [-0.15, -0.1) is 11.8 Å². The Hall–Kier alpha value is -2.87. The van der Waals surface area contributed by atoms with E-state index in [2.05, 4.69) is 0 Å². The molecule has 2 aliphatic rings. The molecule has 0 bridgehead atoms. The Balaban J connectivity index is 1.66. The Morgan fingerprint density at radius 3 is 2.29 bits per heavy atom. The van der Waals surface area contributed by atoms with Crippen molar-refractivity contribution in [3.05, 3.63) is 69.0 Å². The molecule has 2 aromatic rings. The second kappa shape index (κ2) is 9.51. The third-order valence-electron chi connectivity index (χ3n) is 5.82. The number of hydrogen-bond acceptors (Lipinski definition) is 6. The minimum Gasteiger partial charge on any atom is -0.468 e. The predicted molar refractivity (Wildman–Crippen MR) is 118 cm³/mol. The van der Waals surface area contributed by atoms with Crippen LogP contribution in [0, 0.1) is 10.1 Å². The molecule has 2 heterocycles. The molecule has 0 saturated heterocycles. The fraction of sp³-hybridized carbons (Fsp3) is 0.391. The van der Waals surface area contributed by atoms with Gasteiger partial charge in [-0.25, -0.2) is 0 Å². The molecule has 0 spiro atoms. The van der Waals surface area contributed by atoms with Crippen LogP contribution in [0.5, 0.6) is 0 Å². The molecule has 1 aliphatic heterocycles. The largest absolute Gasteiger partial charge is 0.468 e. The average molecular weight is 441 g/mol. The van der Waals surface area contributed by atoms with Gasteiger partial charge in [0.2, 0.25) is 0 Å². The Morgan fingerprint density at radius 1 is 1.00 bits per heavy atom. The summed E-state index contributed by atoms with van der Waals surface area (Å²) >= 11 is 1.28. The minimum absolute atomic E-state index is 0.0530. The van der Waals surface area contributed by atoms with E-state index in [-0.39, 0.29) is 23.5 Å². The van der Waals surface area contributed by atoms with Crippen LogP contribution in [-0.4, -0.2) is 27.7 Å². The van der Waals surface area contributed by atoms with Crippen LogP contribution in [0.15, 0.2) is 52.0 Å². The van der Waals surface area contributed by atoms with Gasteiger partial charge in [0.1, 0.15) is 5.76 Å². The number of nitro benzene ring substituents is 1. The molecule has 0 N–H and O–H groups in total. The van der Waals surface area contributed by atoms with Crippen molar-refractivity contribution in [1.29, 1.82) is 0 Å². The van der Waals surface area contributed by atoms with Crippen molar-refractivity contribution in [1.82, 2.24) is 4.90 Å². The van der Waals surface area contributed by atoms with E-state index in [1.165, 1.54) is 35.2 Å². The molecule has 2 amide bonds. The quantitative estimate of drug-likeness (QED) is 0.343. The van der Waals surface area contributed by atoms with Crippen LogP contribution in [0.1, 0.15) is 56.3 Å². The number of carbonyl (C=O) groups is 2. The lowest BCUT2D eigenvalue weighted by atomic mass is 9.95. The van der Waals surface area contributed by atoms with Gasteiger partial charge in [0.15, 0.2) is 0 Å². The maximum Gasteiger partial charge on any atom is 0.269 e. The highest BCUT2D eigenvalue weighted by Crippen LogP contribution is 2.40. The molecule has 8 heteroatoms. The van der Waals surface area contributed by atoms with Crippen LogP contribution in [0.25, 0.3) is 5.57 Å². The van der Waals surface area contributed by atoms with Crippen molar-refractivity contribution in [3.63, 3.8) is 0 Å². The number of non-ortho nitro benzene ring substituents is 1. The summed E-state index contributed by atoms with van der Waals surface area (Å²) in [5.74, 6) is 0.577. The average Bonchev–Trinajstić information content (AvgIpc) is 3.33. The fourth-order valence-corrected chi connectivity index (χ4v) is 5.25. The molecule has 0 atom stereocenters. The van der Waals surface area contributed by atoms with Gasteiger partial charge in [0.25, 0.3) is 17.5 Å². The lowest BCUT2D eigenvalue weighted by Crippen LogP contribution is -2.41. The van der Waals surface area contributed by atoms with E-state index < -0.39 is 4.92 Å². The first-order chi connectivity index (χ1) is 15.1. The van der Waals surface area contributed by atoms with Crippen molar-refractivity contribution in [3.8, 4) is 0 Å². The number of nitrogens with zero attached hydrogens (tertiary/aromatic N) is 2. The number of thioether (sulfide) groups is 1. The summed E-state index contributed by atoms with van der Waals surface area (Å²) in [6.07, 6.45) is 8.66. The lowest BCUT2D eigenvalue weighted by molar-refractivity contribution is -0.384. The second-order valence-electron chi connectivity index (χ2n) is 7.86. The Labute approximate surface area is 184 Å². The Morgan fingerprint density at radius 2 is 1.68 bits per heavy atom. The number of amides is 2. The van der Waals surface area contributed by atoms with Crippen LogP contribution in [0.3, 0.4) is 0 Å². The topological polar surface area (TPSA) is 93.7 Å². The maximum absolute atomic E-state index is 13.5. The van der Waals surface area contributed by atoms with Gasteiger partial charge in [0, 0.05) is 18.2 Å². The van der Waals surface area contributed by atoms with E-state index >= 15 is 0 Å². The van der Waals surface area contributed by atoms with Crippen LogP contribution in [0.4, 0.5) is 5.69 Å². The van der Waals surface area contributed by atoms with Crippen LogP contribution >= 0.6 is 11.8 Å². The SMILES string of the molecule is O=C1C(SCc2ccco2)=C(c2ccc([N+](=O)[O-])cc2)C(=O)N1C1CCCCCCC1. The molecule has 1 aromatic heterocycles. The summed E-state index contributed by atoms with van der Waals surface area (Å²) in [4.78, 5) is 39.3. The molecule has 162 valence electrons. The first-order valence-electron chi connectivity index (χ1n) is 10.6. The summed E-state index contributed by atoms with van der Waals surface area (Å²) in [6.45, 7) is 0. The summed E-state index contributed by atoms with van der Waals surface area (Å²) in [6, 6.07) is 9.34. The zero-order chi connectivity index (χ0) is 21.8. The van der Waals surface area contributed by atoms with Crippen molar-refractivity contribution >= 4 is 34.8 Å². The molecule has 7 nitrogen and oxygen atoms in total. The summed E-state index contributed by atoms with van der Waals surface area (Å²) in [5, 5.41) is 11.0. The third kappa shape index (κ3) is 4.58. The molecule has 1 aliphatic carbocycles. The maximum atomic E-state index is 13.5. The van der Waals surface area contributed by atoms with Crippen molar-refractivity contribution in [2.75, 3.05) is 0 Å². The van der Waals surface area contributed by atoms with Gasteiger partial charge >= 0.3 is 0 Å². The van der Waals surface area contributed by atoms with Gasteiger partial charge < -0.3 is 4.42 Å². The van der Waals surface area contributed by atoms with E-state index in [9.17, 15) is 19.7 Å². The van der Waals surface area contributed by atoms with Gasteiger partial charge in [-0.3, -0.25) is 24.6 Å². The number of furan rings is 1. The van der Waals surface area contributed by atoms with E-state index in [0.29, 0.717) is 27.6 Å². The van der Waals surface area contributed by atoms with Gasteiger partial charge in [-0.1, -0.05) is 32.1 Å². The van der Waals surface area contributed by atoms with Gasteiger partial charge in [-0.05, 0) is 42.7 Å². The first kappa shape index (κ1) is 21.4. The molecule has 1 saturated carbocycles. The third-order valence-corrected chi connectivity index (χ3v) is 6.91. The predicted octanol–water partition coefficient (Wildman–Crippen LogP) is 5.31. The number of nitro groups is 1. The van der Waals surface area contributed by atoms with Crippen molar-refractivity contribution in [2.45, 2.75) is 56.7 Å². The Kier molecular flexibility index (Phi) is 6.56. The smallest absolute Gasteiger partial charge is 0.269 e. The fourth-order valence-electron chi connectivity index (χ4n) is 4.23. The monoisotopic (exact) mass is 440 g/mol. The highest BCUT2D eigenvalue weighted by Gasteiger charge is 2.42. The summed E-state index contributed by atoms with van der Waals surface area (Å²) < 4.78 is 5.38. The molecule has 1 aromatic carbocycles. The molecule has 31 heavy (non-hydrogen) atoms. The molecule has 0 radical (unpaired) electrons. The van der Waals surface area contributed by atoms with Crippen LogP contribution in [0.2, 0.25) is 0 Å². The minimum atomic E-state index is -0.479. The molecule has 0 unspecified atom stereocenters. The molecule has 1 fully saturated rings. The zero-order valence-electron chi connectivity index (χ0n) is 17.1. The van der Waals surface area contributed by atoms with Crippen molar-refractivity contribution < 1.29 is 18.9 Å². The number of benzene rings is 1. The second-order valence-corrected chi connectivity index (χ2v) is 8.84. The molecular formula is C23H24N2O5S. The number of imide groups is 1. The van der Waals surface area contributed by atoms with Crippen molar-refractivity contribution in [2.24, 2.45) is 0 Å². The summed E-state index contributed by atoms with van der Waals surface area (Å²) in [5.41, 5.74) is 0.806. The normalized spacial score (nSPS) is 18.4.